The summed E-state index contributed by atoms with van der Waals surface area (Å²) in [7, 11) is 6.17. The van der Waals surface area contributed by atoms with Gasteiger partial charge in [-0.1, -0.05) is 0 Å². The van der Waals surface area contributed by atoms with Crippen LogP contribution < -0.4 is 10.6 Å². The van der Waals surface area contributed by atoms with E-state index >= 15 is 0 Å². The van der Waals surface area contributed by atoms with Crippen molar-refractivity contribution in [3.05, 3.63) is 23.8 Å². The highest BCUT2D eigenvalue weighted by atomic mass is 16.1. The maximum Gasteiger partial charge on any atom is 0.161 e. The molecule has 0 bridgehead atoms. The zero-order chi connectivity index (χ0) is 13.7. The van der Waals surface area contributed by atoms with Gasteiger partial charge in [0.2, 0.25) is 0 Å². The van der Waals surface area contributed by atoms with Gasteiger partial charge in [-0.15, -0.1) is 0 Å². The van der Waals surface area contributed by atoms with Crippen LogP contribution in [0, 0.1) is 0 Å². The first-order valence-corrected chi connectivity index (χ1v) is 6.18. The minimum absolute atomic E-state index is 0.0102. The van der Waals surface area contributed by atoms with Crippen molar-refractivity contribution in [3.63, 3.8) is 0 Å². The molecule has 0 aromatic heterocycles. The third kappa shape index (κ3) is 4.04. The van der Waals surface area contributed by atoms with Gasteiger partial charge in [0.25, 0.3) is 0 Å². The SMILES string of the molecule is CC(=O)c1cc(N(C)CCCN(C)C)ccc1N. The summed E-state index contributed by atoms with van der Waals surface area (Å²) in [6, 6.07) is 5.62. The molecule has 2 N–H and O–H groups in total. The Balaban J connectivity index is 2.71. The monoisotopic (exact) mass is 249 g/mol. The quantitative estimate of drug-likeness (QED) is 0.617. The largest absolute Gasteiger partial charge is 0.398 e. The second kappa shape index (κ2) is 6.40. The lowest BCUT2D eigenvalue weighted by Gasteiger charge is -2.21. The Bertz CT molecular complexity index is 416. The fourth-order valence-corrected chi connectivity index (χ4v) is 1.84. The van der Waals surface area contributed by atoms with E-state index in [2.05, 4.69) is 23.9 Å². The molecule has 18 heavy (non-hydrogen) atoms. The van der Waals surface area contributed by atoms with Crippen molar-refractivity contribution in [3.8, 4) is 0 Å². The highest BCUT2D eigenvalue weighted by Crippen LogP contribution is 2.21. The number of nitrogens with zero attached hydrogens (tertiary/aromatic N) is 2. The van der Waals surface area contributed by atoms with E-state index in [1.807, 2.05) is 19.2 Å². The standard InChI is InChI=1S/C14H23N3O/c1-11(18)13-10-12(6-7-14(13)15)17(4)9-5-8-16(2)3/h6-7,10H,5,8-9,15H2,1-4H3. The highest BCUT2D eigenvalue weighted by molar-refractivity contribution is 6.00. The molecule has 0 saturated carbocycles. The summed E-state index contributed by atoms with van der Waals surface area (Å²) in [6.45, 7) is 3.56. The van der Waals surface area contributed by atoms with Crippen LogP contribution in [0.2, 0.25) is 0 Å². The number of anilines is 2. The molecule has 0 fully saturated rings. The highest BCUT2D eigenvalue weighted by Gasteiger charge is 2.08. The van der Waals surface area contributed by atoms with E-state index in [0.717, 1.165) is 25.2 Å². The molecule has 0 aliphatic heterocycles. The molecular formula is C14H23N3O. The van der Waals surface area contributed by atoms with E-state index in [1.54, 1.807) is 13.0 Å². The van der Waals surface area contributed by atoms with E-state index in [1.165, 1.54) is 0 Å². The molecule has 0 saturated heterocycles. The molecule has 0 spiro atoms. The molecule has 0 aliphatic carbocycles. The number of benzene rings is 1. The number of nitrogens with two attached hydrogens (primary N) is 1. The molecule has 0 atom stereocenters. The van der Waals surface area contributed by atoms with Gasteiger partial charge in [0, 0.05) is 30.5 Å². The number of hydrogen-bond donors (Lipinski definition) is 1. The van der Waals surface area contributed by atoms with Crippen LogP contribution in [0.3, 0.4) is 0 Å². The summed E-state index contributed by atoms with van der Waals surface area (Å²) in [4.78, 5) is 15.8. The lowest BCUT2D eigenvalue weighted by atomic mass is 10.1. The second-order valence-electron chi connectivity index (χ2n) is 4.91. The minimum Gasteiger partial charge on any atom is -0.398 e. The van der Waals surface area contributed by atoms with Gasteiger partial charge in [0.1, 0.15) is 0 Å². The Morgan fingerprint density at radius 3 is 2.44 bits per heavy atom. The number of carbonyl (C=O) groups excluding carboxylic acids is 1. The van der Waals surface area contributed by atoms with Gasteiger partial charge >= 0.3 is 0 Å². The number of nitrogen functional groups attached to an aromatic ring is 1. The van der Waals surface area contributed by atoms with E-state index in [4.69, 9.17) is 5.73 Å². The summed E-state index contributed by atoms with van der Waals surface area (Å²) < 4.78 is 0. The first-order chi connectivity index (χ1) is 8.41. The van der Waals surface area contributed by atoms with Gasteiger partial charge in [0.15, 0.2) is 5.78 Å². The van der Waals surface area contributed by atoms with Crippen LogP contribution in [0.5, 0.6) is 0 Å². The average molecular weight is 249 g/mol. The van der Waals surface area contributed by atoms with Crippen LogP contribution in [0.25, 0.3) is 0 Å². The van der Waals surface area contributed by atoms with Crippen molar-refractivity contribution in [2.24, 2.45) is 0 Å². The molecule has 1 aromatic carbocycles. The minimum atomic E-state index is 0.0102. The molecule has 0 amide bonds. The van der Waals surface area contributed by atoms with Crippen LogP contribution in [0.15, 0.2) is 18.2 Å². The molecule has 4 nitrogen and oxygen atoms in total. The first-order valence-electron chi connectivity index (χ1n) is 6.18. The Morgan fingerprint density at radius 1 is 1.22 bits per heavy atom. The van der Waals surface area contributed by atoms with Crippen LogP contribution in [-0.2, 0) is 0 Å². The lowest BCUT2D eigenvalue weighted by Crippen LogP contribution is -2.23. The zero-order valence-corrected chi connectivity index (χ0v) is 11.7. The summed E-state index contributed by atoms with van der Waals surface area (Å²) in [5, 5.41) is 0. The third-order valence-electron chi connectivity index (χ3n) is 2.96. The number of carbonyl (C=O) groups is 1. The summed E-state index contributed by atoms with van der Waals surface area (Å²) >= 11 is 0. The van der Waals surface area contributed by atoms with Gasteiger partial charge in [-0.2, -0.15) is 0 Å². The Labute approximate surface area is 109 Å². The van der Waals surface area contributed by atoms with Crippen molar-refractivity contribution >= 4 is 17.2 Å². The van der Waals surface area contributed by atoms with Crippen molar-refractivity contribution < 1.29 is 4.79 Å². The van der Waals surface area contributed by atoms with E-state index in [9.17, 15) is 4.79 Å². The molecule has 0 radical (unpaired) electrons. The molecule has 0 aliphatic rings. The molecule has 1 aromatic rings. The van der Waals surface area contributed by atoms with Crippen molar-refractivity contribution in [2.75, 3.05) is 44.9 Å². The predicted octanol–water partition coefficient (Wildman–Crippen LogP) is 1.86. The first kappa shape index (κ1) is 14.5. The van der Waals surface area contributed by atoms with Crippen molar-refractivity contribution in [1.29, 1.82) is 0 Å². The van der Waals surface area contributed by atoms with E-state index in [-0.39, 0.29) is 5.78 Å². The zero-order valence-electron chi connectivity index (χ0n) is 11.7. The molecule has 0 unspecified atom stereocenters. The molecule has 1 rings (SSSR count). The fourth-order valence-electron chi connectivity index (χ4n) is 1.84. The number of ketones is 1. The average Bonchev–Trinajstić information content (AvgIpc) is 2.28. The molecule has 0 heterocycles. The van der Waals surface area contributed by atoms with Gasteiger partial charge in [0.05, 0.1) is 0 Å². The maximum absolute atomic E-state index is 11.4. The summed E-state index contributed by atoms with van der Waals surface area (Å²) in [5.74, 6) is 0.0102. The third-order valence-corrected chi connectivity index (χ3v) is 2.96. The smallest absolute Gasteiger partial charge is 0.161 e. The predicted molar refractivity (Wildman–Crippen MR) is 77.3 cm³/mol. The normalized spacial score (nSPS) is 10.7. The van der Waals surface area contributed by atoms with Gasteiger partial charge in [-0.05, 0) is 52.2 Å². The summed E-state index contributed by atoms with van der Waals surface area (Å²) in [5.41, 5.74) is 7.97. The van der Waals surface area contributed by atoms with Gasteiger partial charge in [-0.3, -0.25) is 4.79 Å². The van der Waals surface area contributed by atoms with Crippen LogP contribution in [0.4, 0.5) is 11.4 Å². The molecule has 4 heteroatoms. The van der Waals surface area contributed by atoms with Crippen molar-refractivity contribution in [2.45, 2.75) is 13.3 Å². The van der Waals surface area contributed by atoms with Crippen molar-refractivity contribution in [1.82, 2.24) is 4.90 Å². The molecule has 100 valence electrons. The second-order valence-corrected chi connectivity index (χ2v) is 4.91. The fraction of sp³-hybridized carbons (Fsp3) is 0.500. The molecular weight excluding hydrogens is 226 g/mol. The van der Waals surface area contributed by atoms with Gasteiger partial charge < -0.3 is 15.5 Å². The topological polar surface area (TPSA) is 49.6 Å². The number of hydrogen-bond acceptors (Lipinski definition) is 4. The Kier molecular flexibility index (Phi) is 5.16. The van der Waals surface area contributed by atoms with E-state index in [0.29, 0.717) is 11.3 Å². The lowest BCUT2D eigenvalue weighted by molar-refractivity contribution is 0.101. The van der Waals surface area contributed by atoms with Crippen LogP contribution >= 0.6 is 0 Å². The van der Waals surface area contributed by atoms with Gasteiger partial charge in [-0.25, -0.2) is 0 Å². The number of rotatable bonds is 6. The Morgan fingerprint density at radius 2 is 1.89 bits per heavy atom. The maximum atomic E-state index is 11.4. The van der Waals surface area contributed by atoms with Crippen LogP contribution in [0.1, 0.15) is 23.7 Å². The number of Topliss-reactive ketones (excluding diaryl/α,β-unsaturated/α-hetero) is 1. The van der Waals surface area contributed by atoms with E-state index < -0.39 is 0 Å². The van der Waals surface area contributed by atoms with Crippen LogP contribution in [-0.4, -0.2) is 44.9 Å². The Hall–Kier alpha value is -1.55. The summed E-state index contributed by atoms with van der Waals surface area (Å²) in [6.07, 6.45) is 1.09.